The van der Waals surface area contributed by atoms with Gasteiger partial charge < -0.3 is 11.1 Å². The minimum Gasteiger partial charge on any atom is -0.397 e. The van der Waals surface area contributed by atoms with Crippen molar-refractivity contribution >= 4 is 44.6 Å². The fourth-order valence-corrected chi connectivity index (χ4v) is 4.18. The van der Waals surface area contributed by atoms with Gasteiger partial charge in [-0.2, -0.15) is 0 Å². The molecule has 2 saturated carbocycles. The summed E-state index contributed by atoms with van der Waals surface area (Å²) in [5.74, 6) is 1.35. The SMILES string of the molecule is Nc1c(C(=O)NC(C2CC2)C2CC2)sc2ccc(Cl)cc12. The van der Waals surface area contributed by atoms with Crippen LogP contribution in [0.5, 0.6) is 0 Å². The molecule has 3 nitrogen and oxygen atoms in total. The van der Waals surface area contributed by atoms with E-state index in [2.05, 4.69) is 5.32 Å². The number of thiophene rings is 1. The molecule has 1 heterocycles. The van der Waals surface area contributed by atoms with Crippen LogP contribution in [0.25, 0.3) is 10.1 Å². The van der Waals surface area contributed by atoms with Crippen molar-refractivity contribution in [1.82, 2.24) is 5.32 Å². The second-order valence-corrected chi connectivity index (χ2v) is 7.65. The minimum atomic E-state index is -0.0198. The van der Waals surface area contributed by atoms with Gasteiger partial charge in [0.05, 0.1) is 5.69 Å². The standard InChI is InChI=1S/C16H17ClN2OS/c17-10-5-6-12-11(7-10)13(18)15(21-12)16(20)19-14(8-1-2-8)9-3-4-9/h5-9,14H,1-4,18H2,(H,19,20). The number of nitrogen functional groups attached to an aromatic ring is 1. The molecule has 0 spiro atoms. The summed E-state index contributed by atoms with van der Waals surface area (Å²) in [6, 6.07) is 5.94. The van der Waals surface area contributed by atoms with Gasteiger partial charge in [0, 0.05) is 21.2 Å². The van der Waals surface area contributed by atoms with E-state index in [1.807, 2.05) is 18.2 Å². The maximum Gasteiger partial charge on any atom is 0.263 e. The zero-order valence-electron chi connectivity index (χ0n) is 11.6. The van der Waals surface area contributed by atoms with E-state index in [-0.39, 0.29) is 5.91 Å². The van der Waals surface area contributed by atoms with Gasteiger partial charge in [0.15, 0.2) is 0 Å². The van der Waals surface area contributed by atoms with Crippen LogP contribution in [0.4, 0.5) is 5.69 Å². The lowest BCUT2D eigenvalue weighted by Gasteiger charge is -2.17. The number of halogens is 1. The highest BCUT2D eigenvalue weighted by molar-refractivity contribution is 7.21. The Morgan fingerprint density at radius 3 is 2.57 bits per heavy atom. The number of hydrogen-bond acceptors (Lipinski definition) is 3. The van der Waals surface area contributed by atoms with E-state index in [1.54, 1.807) is 0 Å². The van der Waals surface area contributed by atoms with Gasteiger partial charge in [0.1, 0.15) is 4.88 Å². The van der Waals surface area contributed by atoms with Gasteiger partial charge in [-0.25, -0.2) is 0 Å². The Hall–Kier alpha value is -1.26. The maximum absolute atomic E-state index is 12.6. The molecule has 21 heavy (non-hydrogen) atoms. The van der Waals surface area contributed by atoms with E-state index >= 15 is 0 Å². The number of amides is 1. The Bertz CT molecular complexity index is 706. The summed E-state index contributed by atoms with van der Waals surface area (Å²) >= 11 is 7.46. The van der Waals surface area contributed by atoms with Gasteiger partial charge >= 0.3 is 0 Å². The first kappa shape index (κ1) is 13.4. The second kappa shape index (κ2) is 4.89. The molecule has 2 fully saturated rings. The number of benzene rings is 1. The predicted molar refractivity (Wildman–Crippen MR) is 87.9 cm³/mol. The molecule has 2 aromatic rings. The van der Waals surface area contributed by atoms with Crippen molar-refractivity contribution in [2.24, 2.45) is 11.8 Å². The first-order valence-corrected chi connectivity index (χ1v) is 8.61. The molecule has 0 atom stereocenters. The Balaban J connectivity index is 1.62. The van der Waals surface area contributed by atoms with E-state index in [4.69, 9.17) is 17.3 Å². The third kappa shape index (κ3) is 2.51. The van der Waals surface area contributed by atoms with Crippen molar-refractivity contribution in [3.63, 3.8) is 0 Å². The quantitative estimate of drug-likeness (QED) is 0.892. The highest BCUT2D eigenvalue weighted by atomic mass is 35.5. The summed E-state index contributed by atoms with van der Waals surface area (Å²) in [6.45, 7) is 0. The molecule has 5 heteroatoms. The Labute approximate surface area is 132 Å². The number of carbonyl (C=O) groups excluding carboxylic acids is 1. The number of carbonyl (C=O) groups is 1. The fraction of sp³-hybridized carbons (Fsp3) is 0.438. The molecule has 0 saturated heterocycles. The molecular formula is C16H17ClN2OS. The van der Waals surface area contributed by atoms with Crippen molar-refractivity contribution in [2.75, 3.05) is 5.73 Å². The van der Waals surface area contributed by atoms with Crippen LogP contribution < -0.4 is 11.1 Å². The van der Waals surface area contributed by atoms with Crippen molar-refractivity contribution < 1.29 is 4.79 Å². The molecule has 0 bridgehead atoms. The lowest BCUT2D eigenvalue weighted by Crippen LogP contribution is -2.37. The largest absolute Gasteiger partial charge is 0.397 e. The van der Waals surface area contributed by atoms with E-state index in [0.29, 0.717) is 33.5 Å². The molecule has 2 aliphatic carbocycles. The molecular weight excluding hydrogens is 304 g/mol. The van der Waals surface area contributed by atoms with E-state index in [0.717, 1.165) is 10.1 Å². The molecule has 1 aromatic heterocycles. The second-order valence-electron chi connectivity index (χ2n) is 6.16. The van der Waals surface area contributed by atoms with E-state index in [1.165, 1.54) is 37.0 Å². The number of hydrogen-bond donors (Lipinski definition) is 2. The Kier molecular flexibility index (Phi) is 3.12. The van der Waals surface area contributed by atoms with Gasteiger partial charge in [0.2, 0.25) is 0 Å². The third-order valence-corrected chi connectivity index (χ3v) is 5.87. The molecule has 2 aliphatic rings. The summed E-state index contributed by atoms with van der Waals surface area (Å²) in [7, 11) is 0. The number of fused-ring (bicyclic) bond motifs is 1. The zero-order chi connectivity index (χ0) is 14.6. The summed E-state index contributed by atoms with van der Waals surface area (Å²) < 4.78 is 1.01. The number of rotatable bonds is 4. The maximum atomic E-state index is 12.6. The Morgan fingerprint density at radius 1 is 1.29 bits per heavy atom. The minimum absolute atomic E-state index is 0.0198. The van der Waals surface area contributed by atoms with Crippen LogP contribution in [0.15, 0.2) is 18.2 Å². The summed E-state index contributed by atoms with van der Waals surface area (Å²) in [4.78, 5) is 13.2. The van der Waals surface area contributed by atoms with Crippen LogP contribution in [0.1, 0.15) is 35.4 Å². The molecule has 0 radical (unpaired) electrons. The number of nitrogens with one attached hydrogen (secondary N) is 1. The molecule has 4 rings (SSSR count). The van der Waals surface area contributed by atoms with Gasteiger partial charge in [-0.15, -0.1) is 11.3 Å². The van der Waals surface area contributed by atoms with Crippen molar-refractivity contribution in [1.29, 1.82) is 0 Å². The number of anilines is 1. The molecule has 3 N–H and O–H groups in total. The van der Waals surface area contributed by atoms with Crippen LogP contribution in [0, 0.1) is 11.8 Å². The number of nitrogens with two attached hydrogens (primary N) is 1. The molecule has 110 valence electrons. The smallest absolute Gasteiger partial charge is 0.263 e. The lowest BCUT2D eigenvalue weighted by molar-refractivity contribution is 0.0931. The van der Waals surface area contributed by atoms with E-state index in [9.17, 15) is 4.79 Å². The van der Waals surface area contributed by atoms with Crippen LogP contribution >= 0.6 is 22.9 Å². The zero-order valence-corrected chi connectivity index (χ0v) is 13.1. The molecule has 1 amide bonds. The summed E-state index contributed by atoms with van der Waals surface area (Å²) in [6.07, 6.45) is 5.00. The highest BCUT2D eigenvalue weighted by Gasteiger charge is 2.42. The van der Waals surface area contributed by atoms with Crippen LogP contribution in [0.2, 0.25) is 5.02 Å². The van der Waals surface area contributed by atoms with Gasteiger partial charge in [-0.1, -0.05) is 11.6 Å². The summed E-state index contributed by atoms with van der Waals surface area (Å²) in [5.41, 5.74) is 6.71. The van der Waals surface area contributed by atoms with Crippen LogP contribution in [0.3, 0.4) is 0 Å². The van der Waals surface area contributed by atoms with Crippen LogP contribution in [-0.2, 0) is 0 Å². The molecule has 0 unspecified atom stereocenters. The van der Waals surface area contributed by atoms with Gasteiger partial charge in [-0.3, -0.25) is 4.79 Å². The van der Waals surface area contributed by atoms with Crippen molar-refractivity contribution in [3.8, 4) is 0 Å². The molecule has 1 aromatic carbocycles. The fourth-order valence-electron chi connectivity index (χ4n) is 3.01. The first-order chi connectivity index (χ1) is 10.1. The molecule has 0 aliphatic heterocycles. The average molecular weight is 321 g/mol. The van der Waals surface area contributed by atoms with Crippen molar-refractivity contribution in [2.45, 2.75) is 31.7 Å². The van der Waals surface area contributed by atoms with Crippen molar-refractivity contribution in [3.05, 3.63) is 28.1 Å². The predicted octanol–water partition coefficient (Wildman–Crippen LogP) is 4.06. The van der Waals surface area contributed by atoms with Crippen LogP contribution in [-0.4, -0.2) is 11.9 Å². The van der Waals surface area contributed by atoms with Gasteiger partial charge in [0.25, 0.3) is 5.91 Å². The Morgan fingerprint density at radius 2 is 1.95 bits per heavy atom. The van der Waals surface area contributed by atoms with Gasteiger partial charge in [-0.05, 0) is 55.7 Å². The van der Waals surface area contributed by atoms with E-state index < -0.39 is 0 Å². The average Bonchev–Trinajstić information content (AvgIpc) is 3.36. The lowest BCUT2D eigenvalue weighted by atomic mass is 10.1. The first-order valence-electron chi connectivity index (χ1n) is 7.42. The third-order valence-electron chi connectivity index (χ3n) is 4.45. The topological polar surface area (TPSA) is 55.1 Å². The normalized spacial score (nSPS) is 18.4. The summed E-state index contributed by atoms with van der Waals surface area (Å²) in [5, 5.41) is 4.76. The monoisotopic (exact) mass is 320 g/mol. The highest BCUT2D eigenvalue weighted by Crippen LogP contribution is 2.45.